The largest absolute Gasteiger partial charge is 0.496 e. The Bertz CT molecular complexity index is 1860. The molecule has 1 aliphatic carbocycles. The molecule has 4 heterocycles. The Morgan fingerprint density at radius 2 is 2.02 bits per heavy atom. The van der Waals surface area contributed by atoms with E-state index in [1.54, 1.807) is 32.4 Å². The molecule has 3 unspecified atom stereocenters. The second-order valence-corrected chi connectivity index (χ2v) is 12.4. The minimum atomic E-state index is -1.00. The van der Waals surface area contributed by atoms with E-state index in [-0.39, 0.29) is 23.7 Å². The van der Waals surface area contributed by atoms with Crippen LogP contribution in [0.4, 0.5) is 0 Å². The fourth-order valence-corrected chi connectivity index (χ4v) is 6.78. The molecule has 0 amide bonds. The van der Waals surface area contributed by atoms with Crippen LogP contribution in [-0.4, -0.2) is 75.5 Å². The van der Waals surface area contributed by atoms with E-state index >= 15 is 0 Å². The molecule has 2 aliphatic heterocycles. The Labute approximate surface area is 266 Å². The summed E-state index contributed by atoms with van der Waals surface area (Å²) in [5, 5.41) is 18.9. The second-order valence-electron chi connectivity index (χ2n) is 12.4. The number of aromatic carboxylic acids is 1. The Kier molecular flexibility index (Phi) is 7.74. The van der Waals surface area contributed by atoms with E-state index < -0.39 is 5.97 Å². The fraction of sp³-hybridized carbons (Fsp3) is 0.441. The van der Waals surface area contributed by atoms with Crippen molar-refractivity contribution < 1.29 is 28.8 Å². The van der Waals surface area contributed by atoms with E-state index in [9.17, 15) is 15.2 Å². The van der Waals surface area contributed by atoms with Crippen LogP contribution in [0.15, 0.2) is 36.5 Å². The summed E-state index contributed by atoms with van der Waals surface area (Å²) in [6, 6.07) is 10.6. The number of benzene rings is 2. The Morgan fingerprint density at radius 3 is 2.72 bits per heavy atom. The zero-order valence-electron chi connectivity index (χ0n) is 26.2. The number of carbonyl (C=O) groups is 1. The van der Waals surface area contributed by atoms with Crippen molar-refractivity contribution in [2.75, 3.05) is 33.9 Å². The average molecular weight is 625 g/mol. The number of imidazole rings is 1. The molecule has 0 bridgehead atoms. The first-order valence-corrected chi connectivity index (χ1v) is 15.5. The monoisotopic (exact) mass is 624 g/mol. The summed E-state index contributed by atoms with van der Waals surface area (Å²) in [6.07, 6.45) is 4.82. The normalized spacial score (nSPS) is 22.0. The third-order valence-electron chi connectivity index (χ3n) is 9.65. The van der Waals surface area contributed by atoms with Gasteiger partial charge in [-0.15, -0.1) is 0 Å². The summed E-state index contributed by atoms with van der Waals surface area (Å²) < 4.78 is 25.1. The molecular formula is C34H36N6O6. The Morgan fingerprint density at radius 1 is 1.20 bits per heavy atom. The van der Waals surface area contributed by atoms with Crippen molar-refractivity contribution in [3.8, 4) is 23.4 Å². The summed E-state index contributed by atoms with van der Waals surface area (Å²) in [5.41, 5.74) is 3.74. The molecule has 0 spiro atoms. The van der Waals surface area contributed by atoms with Crippen molar-refractivity contribution >= 4 is 17.0 Å². The number of ether oxygens (including phenoxy) is 4. The van der Waals surface area contributed by atoms with Gasteiger partial charge in [0.25, 0.3) is 0 Å². The summed E-state index contributed by atoms with van der Waals surface area (Å²) in [7, 11) is 3.12. The molecular weight excluding hydrogens is 588 g/mol. The number of carboxylic acid groups (broad SMARTS) is 1. The van der Waals surface area contributed by atoms with Crippen LogP contribution >= 0.6 is 0 Å². The molecule has 2 saturated heterocycles. The number of hydrogen-bond acceptors (Lipinski definition) is 10. The highest BCUT2D eigenvalue weighted by atomic mass is 16.5. The maximum Gasteiger partial charge on any atom is 0.335 e. The van der Waals surface area contributed by atoms with Gasteiger partial charge in [0.2, 0.25) is 5.88 Å². The number of nitrogens with zero attached hydrogens (tertiary/aromatic N) is 6. The van der Waals surface area contributed by atoms with E-state index in [0.717, 1.165) is 67.3 Å². The number of rotatable bonds is 11. The molecule has 12 heteroatoms. The number of piperidine rings is 1. The molecule has 3 atom stereocenters. The topological polar surface area (TPSA) is 145 Å². The lowest BCUT2D eigenvalue weighted by molar-refractivity contribution is -0.0592. The summed E-state index contributed by atoms with van der Waals surface area (Å²) in [5.74, 6) is 2.73. The summed E-state index contributed by atoms with van der Waals surface area (Å²) in [4.78, 5) is 28.9. The van der Waals surface area contributed by atoms with Gasteiger partial charge in [-0.1, -0.05) is 6.07 Å². The van der Waals surface area contributed by atoms with Gasteiger partial charge >= 0.3 is 5.97 Å². The number of fused-ring (bicyclic) bond motifs is 2. The van der Waals surface area contributed by atoms with E-state index in [0.29, 0.717) is 47.5 Å². The first-order chi connectivity index (χ1) is 22.3. The van der Waals surface area contributed by atoms with Crippen molar-refractivity contribution in [2.24, 2.45) is 5.92 Å². The first kappa shape index (κ1) is 30.0. The van der Waals surface area contributed by atoms with Gasteiger partial charge in [0, 0.05) is 35.9 Å². The second kappa shape index (κ2) is 11.9. The van der Waals surface area contributed by atoms with E-state index in [4.69, 9.17) is 33.9 Å². The fourth-order valence-electron chi connectivity index (χ4n) is 6.78. The van der Waals surface area contributed by atoms with Crippen LogP contribution in [0.2, 0.25) is 0 Å². The maximum absolute atomic E-state index is 11.9. The Balaban J connectivity index is 1.08. The average Bonchev–Trinajstić information content (AvgIpc) is 3.68. The molecule has 3 aliphatic rings. The van der Waals surface area contributed by atoms with Gasteiger partial charge in [-0.05, 0) is 62.9 Å². The van der Waals surface area contributed by atoms with Crippen LogP contribution in [0.5, 0.6) is 17.4 Å². The zero-order valence-corrected chi connectivity index (χ0v) is 26.2. The van der Waals surface area contributed by atoms with Gasteiger partial charge < -0.3 is 28.6 Å². The standard InChI is InChI=1S/C34H36N6O6/c1-20-15-36-33(38-31(20)46-19-22-5-4-21(14-35)10-27(22)43-2)34-7-8-39(16-24(34)13-34)18-29-37-30-26(40(29)17-25-6-9-45-25)11-23(32(41)42)12-28(30)44-3/h4-5,10-12,15,24-25H,6-9,13,16-19H2,1-3H3,(H,41,42). The first-order valence-electron chi connectivity index (χ1n) is 15.5. The van der Waals surface area contributed by atoms with Crippen molar-refractivity contribution in [2.45, 2.75) is 57.4 Å². The quantitative estimate of drug-likeness (QED) is 0.256. The van der Waals surface area contributed by atoms with Crippen LogP contribution in [-0.2, 0) is 29.8 Å². The van der Waals surface area contributed by atoms with Crippen LogP contribution < -0.4 is 14.2 Å². The maximum atomic E-state index is 11.9. The predicted octanol–water partition coefficient (Wildman–Crippen LogP) is 4.25. The minimum absolute atomic E-state index is 0.0754. The van der Waals surface area contributed by atoms with E-state index in [2.05, 4.69) is 15.5 Å². The number of hydrogen-bond donors (Lipinski definition) is 1. The SMILES string of the molecule is COc1cc(C#N)ccc1COc1nc(C23CCN(Cc4nc5c(OC)cc(C(=O)O)cc5n4CC4CCO4)CC2C3)ncc1C. The van der Waals surface area contributed by atoms with E-state index in [1.165, 1.54) is 6.07 Å². The molecule has 46 heavy (non-hydrogen) atoms. The molecule has 4 aromatic rings. The molecule has 12 nitrogen and oxygen atoms in total. The van der Waals surface area contributed by atoms with Gasteiger partial charge in [0.1, 0.15) is 35.3 Å². The lowest BCUT2D eigenvalue weighted by Crippen LogP contribution is -2.38. The van der Waals surface area contributed by atoms with Gasteiger partial charge in [0.05, 0.1) is 56.1 Å². The third kappa shape index (κ3) is 5.39. The molecule has 238 valence electrons. The number of methoxy groups -OCH3 is 2. The van der Waals surface area contributed by atoms with Crippen LogP contribution in [0.25, 0.3) is 11.0 Å². The van der Waals surface area contributed by atoms with Gasteiger partial charge in [-0.25, -0.2) is 14.8 Å². The third-order valence-corrected chi connectivity index (χ3v) is 9.65. The lowest BCUT2D eigenvalue weighted by atomic mass is 9.94. The van der Waals surface area contributed by atoms with Crippen LogP contribution in [0.3, 0.4) is 0 Å². The number of likely N-dealkylation sites (tertiary alicyclic amines) is 1. The molecule has 2 aromatic carbocycles. The molecule has 2 aromatic heterocycles. The van der Waals surface area contributed by atoms with Crippen LogP contribution in [0, 0.1) is 24.2 Å². The lowest BCUT2D eigenvalue weighted by Gasteiger charge is -2.32. The number of nitriles is 1. The van der Waals surface area contributed by atoms with Gasteiger partial charge in [0.15, 0.2) is 0 Å². The number of aromatic nitrogens is 4. The smallest absolute Gasteiger partial charge is 0.335 e. The van der Waals surface area contributed by atoms with E-state index in [1.807, 2.05) is 19.2 Å². The molecule has 7 rings (SSSR count). The van der Waals surface area contributed by atoms with Crippen LogP contribution in [0.1, 0.15) is 58.0 Å². The number of carboxylic acids is 1. The van der Waals surface area contributed by atoms with Crippen molar-refractivity contribution in [3.63, 3.8) is 0 Å². The van der Waals surface area contributed by atoms with Crippen molar-refractivity contribution in [1.82, 2.24) is 24.4 Å². The molecule has 0 radical (unpaired) electrons. The van der Waals surface area contributed by atoms with Gasteiger partial charge in [-0.3, -0.25) is 4.90 Å². The Hall–Kier alpha value is -4.73. The van der Waals surface area contributed by atoms with Crippen molar-refractivity contribution in [1.29, 1.82) is 5.26 Å². The molecule has 1 saturated carbocycles. The molecule has 3 fully saturated rings. The predicted molar refractivity (Wildman–Crippen MR) is 166 cm³/mol. The highest BCUT2D eigenvalue weighted by Crippen LogP contribution is 2.58. The highest BCUT2D eigenvalue weighted by molar-refractivity contribution is 5.95. The summed E-state index contributed by atoms with van der Waals surface area (Å²) in [6.45, 7) is 5.94. The minimum Gasteiger partial charge on any atom is -0.496 e. The number of aryl methyl sites for hydroxylation is 1. The molecule has 1 N–H and O–H groups in total. The zero-order chi connectivity index (χ0) is 32.0. The summed E-state index contributed by atoms with van der Waals surface area (Å²) >= 11 is 0. The van der Waals surface area contributed by atoms with Crippen molar-refractivity contribution in [3.05, 3.63) is 70.4 Å². The van der Waals surface area contributed by atoms with Gasteiger partial charge in [-0.2, -0.15) is 10.2 Å². The highest BCUT2D eigenvalue weighted by Gasteiger charge is 2.59.